The number of aromatic nitrogens is 1. The van der Waals surface area contributed by atoms with Crippen LogP contribution in [-0.4, -0.2) is 38.9 Å². The van der Waals surface area contributed by atoms with Crippen LogP contribution in [0.2, 0.25) is 0 Å². The average molecular weight is 398 g/mol. The van der Waals surface area contributed by atoms with Gasteiger partial charge in [-0.05, 0) is 38.1 Å². The van der Waals surface area contributed by atoms with E-state index in [9.17, 15) is 22.0 Å². The normalized spacial score (nSPS) is 11.3. The third kappa shape index (κ3) is 5.88. The molecule has 146 valence electrons. The van der Waals surface area contributed by atoms with Crippen molar-refractivity contribution in [3.05, 3.63) is 48.2 Å². The van der Waals surface area contributed by atoms with Gasteiger partial charge in [0.2, 0.25) is 5.91 Å². The molecule has 0 saturated carbocycles. The first kappa shape index (κ1) is 20.6. The molecule has 27 heavy (non-hydrogen) atoms. The van der Waals surface area contributed by atoms with Crippen LogP contribution in [0.1, 0.15) is 13.8 Å². The molecule has 2 aromatic rings. The Balaban J connectivity index is 2.12. The van der Waals surface area contributed by atoms with Crippen molar-refractivity contribution in [2.24, 2.45) is 0 Å². The highest BCUT2D eigenvalue weighted by Gasteiger charge is 2.17. The third-order valence-electron chi connectivity index (χ3n) is 3.37. The summed E-state index contributed by atoms with van der Waals surface area (Å²) in [6.45, 7) is 3.73. The monoisotopic (exact) mass is 398 g/mol. The lowest BCUT2D eigenvalue weighted by Gasteiger charge is -2.19. The van der Waals surface area contributed by atoms with Crippen LogP contribution in [0.5, 0.6) is 0 Å². The summed E-state index contributed by atoms with van der Waals surface area (Å²) >= 11 is 0. The number of anilines is 2. The molecule has 0 atom stereocenters. The molecule has 0 unspecified atom stereocenters. The Hall–Kier alpha value is -2.75. The summed E-state index contributed by atoms with van der Waals surface area (Å²) in [5, 5.41) is 2.74. The van der Waals surface area contributed by atoms with Crippen molar-refractivity contribution in [1.82, 2.24) is 10.3 Å². The van der Waals surface area contributed by atoms with E-state index in [2.05, 4.69) is 15.0 Å². The average Bonchev–Trinajstić information content (AvgIpc) is 2.52. The molecule has 0 aliphatic rings. The lowest BCUT2D eigenvalue weighted by atomic mass is 10.3. The van der Waals surface area contributed by atoms with Gasteiger partial charge in [0.25, 0.3) is 10.0 Å². The molecule has 0 saturated heterocycles. The number of likely N-dealkylation sites (N-methyl/N-ethyl adjacent to an activating group) is 1. The molecular weight excluding hydrogens is 378 g/mol. The summed E-state index contributed by atoms with van der Waals surface area (Å²) in [5.74, 6) is -1.60. The zero-order valence-corrected chi connectivity index (χ0v) is 15.8. The maximum Gasteiger partial charge on any atom is 0.263 e. The molecule has 7 nitrogen and oxygen atoms in total. The van der Waals surface area contributed by atoms with E-state index in [1.807, 2.05) is 13.8 Å². The Morgan fingerprint density at radius 2 is 1.81 bits per heavy atom. The standard InChI is InChI=1S/C17H20F2N4O3S/c1-11(2)21-17(24)10-23(3)16-5-4-15(9-20-16)27(25,26)22-14-7-12(18)6-13(19)8-14/h4-9,11,22H,10H2,1-3H3,(H,21,24). The predicted molar refractivity (Wildman–Crippen MR) is 98.0 cm³/mol. The van der Waals surface area contributed by atoms with E-state index >= 15 is 0 Å². The lowest BCUT2D eigenvalue weighted by Crippen LogP contribution is -2.38. The topological polar surface area (TPSA) is 91.4 Å². The van der Waals surface area contributed by atoms with Crippen LogP contribution in [0.25, 0.3) is 0 Å². The number of nitrogens with one attached hydrogen (secondary N) is 2. The second-order valence-corrected chi connectivity index (χ2v) is 7.88. The molecule has 1 aromatic carbocycles. The molecule has 1 amide bonds. The van der Waals surface area contributed by atoms with Gasteiger partial charge in [-0.25, -0.2) is 22.2 Å². The van der Waals surface area contributed by atoms with Crippen molar-refractivity contribution in [3.63, 3.8) is 0 Å². The van der Waals surface area contributed by atoms with Gasteiger partial charge in [0.05, 0.1) is 12.2 Å². The highest BCUT2D eigenvalue weighted by atomic mass is 32.2. The van der Waals surface area contributed by atoms with Gasteiger partial charge < -0.3 is 10.2 Å². The first-order valence-corrected chi connectivity index (χ1v) is 9.50. The van der Waals surface area contributed by atoms with Crippen molar-refractivity contribution < 1.29 is 22.0 Å². The second kappa shape index (κ2) is 8.30. The largest absolute Gasteiger partial charge is 0.352 e. The minimum absolute atomic E-state index is 0.00473. The molecule has 0 bridgehead atoms. The predicted octanol–water partition coefficient (Wildman–Crippen LogP) is 2.12. The molecule has 0 fully saturated rings. The molecule has 1 heterocycles. The Kier molecular flexibility index (Phi) is 6.32. The number of carbonyl (C=O) groups excluding carboxylic acids is 1. The zero-order valence-electron chi connectivity index (χ0n) is 15.0. The van der Waals surface area contributed by atoms with Gasteiger partial charge in [-0.1, -0.05) is 0 Å². The summed E-state index contributed by atoms with van der Waals surface area (Å²) in [6, 6.07) is 5.10. The summed E-state index contributed by atoms with van der Waals surface area (Å²) in [4.78, 5) is 17.2. The van der Waals surface area contributed by atoms with E-state index < -0.39 is 21.7 Å². The van der Waals surface area contributed by atoms with Gasteiger partial charge in [-0.2, -0.15) is 0 Å². The van der Waals surface area contributed by atoms with Gasteiger partial charge in [0.1, 0.15) is 22.3 Å². The number of rotatable bonds is 7. The van der Waals surface area contributed by atoms with E-state index in [0.717, 1.165) is 18.3 Å². The Morgan fingerprint density at radius 3 is 2.33 bits per heavy atom. The number of amides is 1. The smallest absolute Gasteiger partial charge is 0.263 e. The Labute approximate surface area is 156 Å². The van der Waals surface area contributed by atoms with Gasteiger partial charge >= 0.3 is 0 Å². The van der Waals surface area contributed by atoms with Gasteiger partial charge in [0.15, 0.2) is 0 Å². The molecule has 0 aliphatic heterocycles. The quantitative estimate of drug-likeness (QED) is 0.746. The minimum atomic E-state index is -4.07. The molecule has 2 rings (SSSR count). The lowest BCUT2D eigenvalue weighted by molar-refractivity contribution is -0.120. The maximum absolute atomic E-state index is 13.2. The summed E-state index contributed by atoms with van der Waals surface area (Å²) in [6.07, 6.45) is 1.10. The molecule has 0 radical (unpaired) electrons. The van der Waals surface area contributed by atoms with E-state index in [1.165, 1.54) is 12.1 Å². The van der Waals surface area contributed by atoms with E-state index in [-0.39, 0.29) is 29.1 Å². The minimum Gasteiger partial charge on any atom is -0.352 e. The third-order valence-corrected chi connectivity index (χ3v) is 4.73. The molecule has 0 spiro atoms. The summed E-state index contributed by atoms with van der Waals surface area (Å²) in [5.41, 5.74) is -0.237. The van der Waals surface area contributed by atoms with Crippen molar-refractivity contribution in [2.45, 2.75) is 24.8 Å². The van der Waals surface area contributed by atoms with Crippen molar-refractivity contribution in [1.29, 1.82) is 0 Å². The SMILES string of the molecule is CC(C)NC(=O)CN(C)c1ccc(S(=O)(=O)Nc2cc(F)cc(F)c2)cn1. The molecule has 2 N–H and O–H groups in total. The fraction of sp³-hybridized carbons (Fsp3) is 0.294. The number of nitrogens with zero attached hydrogens (tertiary/aromatic N) is 2. The Morgan fingerprint density at radius 1 is 1.19 bits per heavy atom. The van der Waals surface area contributed by atoms with Crippen LogP contribution < -0.4 is 14.9 Å². The number of benzene rings is 1. The fourth-order valence-electron chi connectivity index (χ4n) is 2.25. The molecular formula is C17H20F2N4O3S. The number of hydrogen-bond acceptors (Lipinski definition) is 5. The van der Waals surface area contributed by atoms with E-state index in [4.69, 9.17) is 0 Å². The summed E-state index contributed by atoms with van der Waals surface area (Å²) in [7, 11) is -2.43. The zero-order chi connectivity index (χ0) is 20.2. The number of hydrogen-bond donors (Lipinski definition) is 2. The van der Waals surface area contributed by atoms with Crippen molar-refractivity contribution >= 4 is 27.4 Å². The molecule has 1 aromatic heterocycles. The van der Waals surface area contributed by atoms with Crippen molar-refractivity contribution in [2.75, 3.05) is 23.2 Å². The second-order valence-electron chi connectivity index (χ2n) is 6.19. The van der Waals surface area contributed by atoms with Crippen LogP contribution in [0.3, 0.4) is 0 Å². The van der Waals surface area contributed by atoms with Gasteiger partial charge in [-0.15, -0.1) is 0 Å². The van der Waals surface area contributed by atoms with E-state index in [0.29, 0.717) is 11.9 Å². The molecule has 10 heteroatoms. The van der Waals surface area contributed by atoms with Crippen LogP contribution in [0.15, 0.2) is 41.4 Å². The first-order valence-electron chi connectivity index (χ1n) is 8.02. The van der Waals surface area contributed by atoms with E-state index in [1.54, 1.807) is 11.9 Å². The highest BCUT2D eigenvalue weighted by Crippen LogP contribution is 2.19. The first-order chi connectivity index (χ1) is 12.6. The summed E-state index contributed by atoms with van der Waals surface area (Å²) < 4.78 is 53.2. The van der Waals surface area contributed by atoms with Gasteiger partial charge in [-0.3, -0.25) is 9.52 Å². The van der Waals surface area contributed by atoms with Crippen LogP contribution in [-0.2, 0) is 14.8 Å². The number of carbonyl (C=O) groups is 1. The Bertz CT molecular complexity index is 898. The fourth-order valence-corrected chi connectivity index (χ4v) is 3.23. The molecule has 0 aliphatic carbocycles. The highest BCUT2D eigenvalue weighted by molar-refractivity contribution is 7.92. The van der Waals surface area contributed by atoms with Gasteiger partial charge in [0, 0.05) is 25.4 Å². The van der Waals surface area contributed by atoms with Crippen molar-refractivity contribution in [3.8, 4) is 0 Å². The maximum atomic E-state index is 13.2. The van der Waals surface area contributed by atoms with Crippen LogP contribution in [0.4, 0.5) is 20.3 Å². The number of sulfonamides is 1. The number of halogens is 2. The number of pyridine rings is 1. The van der Waals surface area contributed by atoms with Crippen LogP contribution >= 0.6 is 0 Å². The van der Waals surface area contributed by atoms with Crippen LogP contribution in [0, 0.1) is 11.6 Å².